The molecule has 3 aromatic rings. The van der Waals surface area contributed by atoms with Crippen LogP contribution < -0.4 is 15.4 Å². The van der Waals surface area contributed by atoms with Crippen LogP contribution in [-0.2, 0) is 13.0 Å². The molecule has 0 saturated heterocycles. The van der Waals surface area contributed by atoms with E-state index in [9.17, 15) is 0 Å². The molecule has 0 radical (unpaired) electrons. The van der Waals surface area contributed by atoms with Crippen molar-refractivity contribution < 1.29 is 4.74 Å². The number of nitrogens with one attached hydrogen (secondary N) is 2. The molecule has 0 aliphatic rings. The minimum Gasteiger partial charge on any atom is -0.496 e. The van der Waals surface area contributed by atoms with Crippen LogP contribution in [0.3, 0.4) is 0 Å². The Labute approximate surface area is 191 Å². The first-order chi connectivity index (χ1) is 13.2. The van der Waals surface area contributed by atoms with Crippen molar-refractivity contribution in [2.75, 3.05) is 20.2 Å². The fraction of sp³-hybridized carbons (Fsp3) is 0.300. The quantitative estimate of drug-likeness (QED) is 0.262. The molecule has 6 nitrogen and oxygen atoms in total. The first-order valence-electron chi connectivity index (χ1n) is 8.97. The number of rotatable bonds is 7. The van der Waals surface area contributed by atoms with E-state index >= 15 is 0 Å². The van der Waals surface area contributed by atoms with E-state index in [1.807, 2.05) is 47.1 Å². The van der Waals surface area contributed by atoms with E-state index in [1.165, 1.54) is 5.56 Å². The predicted octanol–water partition coefficient (Wildman–Crippen LogP) is 4.02. The van der Waals surface area contributed by atoms with Crippen LogP contribution in [0.4, 0.5) is 0 Å². The average Bonchev–Trinajstić information content (AvgIpc) is 3.08. The Morgan fingerprint density at radius 3 is 2.79 bits per heavy atom. The molecule has 3 rings (SSSR count). The van der Waals surface area contributed by atoms with Gasteiger partial charge in [-0.15, -0.1) is 24.0 Å². The molecule has 0 saturated carbocycles. The summed E-state index contributed by atoms with van der Waals surface area (Å²) in [5, 5.41) is 6.65. The third kappa shape index (κ3) is 6.10. The summed E-state index contributed by atoms with van der Waals surface area (Å²) in [4.78, 5) is 9.25. The zero-order valence-corrected chi connectivity index (χ0v) is 19.9. The van der Waals surface area contributed by atoms with Gasteiger partial charge in [-0.05, 0) is 53.0 Å². The molecule has 0 amide bonds. The minimum absolute atomic E-state index is 0. The van der Waals surface area contributed by atoms with E-state index in [1.54, 1.807) is 7.11 Å². The highest BCUT2D eigenvalue weighted by Crippen LogP contribution is 2.17. The van der Waals surface area contributed by atoms with Crippen molar-refractivity contribution in [2.45, 2.75) is 19.9 Å². The van der Waals surface area contributed by atoms with Crippen LogP contribution in [0.15, 0.2) is 58.3 Å². The van der Waals surface area contributed by atoms with E-state index in [-0.39, 0.29) is 24.0 Å². The first kappa shape index (κ1) is 22.5. The van der Waals surface area contributed by atoms with Crippen LogP contribution in [0.2, 0.25) is 0 Å². The zero-order valence-electron chi connectivity index (χ0n) is 16.0. The average molecular weight is 558 g/mol. The summed E-state index contributed by atoms with van der Waals surface area (Å²) in [5.74, 6) is 1.70. The monoisotopic (exact) mass is 557 g/mol. The molecule has 0 spiro atoms. The summed E-state index contributed by atoms with van der Waals surface area (Å²) >= 11 is 3.48. The Kier molecular flexibility index (Phi) is 9.04. The van der Waals surface area contributed by atoms with Crippen LogP contribution in [0.5, 0.6) is 5.75 Å². The molecule has 0 aliphatic heterocycles. The van der Waals surface area contributed by atoms with Gasteiger partial charge in [0.05, 0.1) is 19.3 Å². The number of benzene rings is 1. The number of ether oxygens (including phenoxy) is 1. The maximum atomic E-state index is 5.41. The van der Waals surface area contributed by atoms with E-state index in [0.717, 1.165) is 47.0 Å². The van der Waals surface area contributed by atoms with Crippen LogP contribution in [-0.4, -0.2) is 35.5 Å². The predicted molar refractivity (Wildman–Crippen MR) is 128 cm³/mol. The molecule has 0 aliphatic carbocycles. The van der Waals surface area contributed by atoms with E-state index in [2.05, 4.69) is 49.5 Å². The second kappa shape index (κ2) is 11.3. The molecular weight excluding hydrogens is 533 g/mol. The SMILES string of the molecule is CCNC(=NCc1cn2cc(Br)ccc2n1)NCCc1ccccc1OC.I. The molecule has 1 aromatic carbocycles. The Bertz CT molecular complexity index is 928. The number of nitrogens with zero attached hydrogens (tertiary/aromatic N) is 3. The number of fused-ring (bicyclic) bond motifs is 1. The fourth-order valence-corrected chi connectivity index (χ4v) is 3.17. The lowest BCUT2D eigenvalue weighted by atomic mass is 10.1. The van der Waals surface area contributed by atoms with Crippen molar-refractivity contribution in [3.63, 3.8) is 0 Å². The number of pyridine rings is 1. The van der Waals surface area contributed by atoms with Gasteiger partial charge in [-0.3, -0.25) is 0 Å². The van der Waals surface area contributed by atoms with Crippen molar-refractivity contribution in [2.24, 2.45) is 4.99 Å². The zero-order chi connectivity index (χ0) is 19.1. The van der Waals surface area contributed by atoms with Crippen molar-refractivity contribution in [1.29, 1.82) is 0 Å². The topological polar surface area (TPSA) is 63.0 Å². The number of aromatic nitrogens is 2. The highest BCUT2D eigenvalue weighted by Gasteiger charge is 2.04. The van der Waals surface area contributed by atoms with Crippen LogP contribution in [0, 0.1) is 0 Å². The summed E-state index contributed by atoms with van der Waals surface area (Å²) in [5.41, 5.74) is 3.02. The second-order valence-corrected chi connectivity index (χ2v) is 6.94. The summed E-state index contributed by atoms with van der Waals surface area (Å²) in [6.45, 7) is 4.14. The molecule has 0 bridgehead atoms. The van der Waals surface area contributed by atoms with Gasteiger partial charge < -0.3 is 19.8 Å². The fourth-order valence-electron chi connectivity index (χ4n) is 2.82. The van der Waals surface area contributed by atoms with Gasteiger partial charge in [0.2, 0.25) is 0 Å². The van der Waals surface area contributed by atoms with Gasteiger partial charge in [-0.1, -0.05) is 18.2 Å². The molecule has 0 fully saturated rings. The molecule has 150 valence electrons. The number of imidazole rings is 1. The lowest BCUT2D eigenvalue weighted by Gasteiger charge is -2.12. The van der Waals surface area contributed by atoms with Crippen LogP contribution in [0.25, 0.3) is 5.65 Å². The van der Waals surface area contributed by atoms with Crippen molar-refractivity contribution >= 4 is 51.5 Å². The number of hydrogen-bond donors (Lipinski definition) is 2. The van der Waals surface area contributed by atoms with E-state index < -0.39 is 0 Å². The smallest absolute Gasteiger partial charge is 0.191 e. The third-order valence-electron chi connectivity index (χ3n) is 4.09. The summed E-state index contributed by atoms with van der Waals surface area (Å²) in [6, 6.07) is 12.0. The first-order valence-corrected chi connectivity index (χ1v) is 9.76. The molecule has 2 heterocycles. The normalized spacial score (nSPS) is 11.2. The number of halogens is 2. The van der Waals surface area contributed by atoms with Gasteiger partial charge in [-0.2, -0.15) is 0 Å². The van der Waals surface area contributed by atoms with Gasteiger partial charge >= 0.3 is 0 Å². The van der Waals surface area contributed by atoms with E-state index in [0.29, 0.717) is 6.54 Å². The maximum Gasteiger partial charge on any atom is 0.191 e. The van der Waals surface area contributed by atoms with Crippen molar-refractivity contribution in [3.8, 4) is 5.75 Å². The van der Waals surface area contributed by atoms with Crippen LogP contribution in [0.1, 0.15) is 18.2 Å². The maximum absolute atomic E-state index is 5.41. The number of hydrogen-bond acceptors (Lipinski definition) is 3. The summed E-state index contributed by atoms with van der Waals surface area (Å²) in [6.07, 6.45) is 4.85. The number of guanidine groups is 1. The molecule has 0 unspecified atom stereocenters. The summed E-state index contributed by atoms with van der Waals surface area (Å²) in [7, 11) is 1.70. The van der Waals surface area contributed by atoms with Crippen molar-refractivity contribution in [3.05, 3.63) is 64.5 Å². The molecule has 8 heteroatoms. The lowest BCUT2D eigenvalue weighted by Crippen LogP contribution is -2.38. The minimum atomic E-state index is 0. The largest absolute Gasteiger partial charge is 0.496 e. The molecule has 28 heavy (non-hydrogen) atoms. The van der Waals surface area contributed by atoms with Gasteiger partial charge in [0.15, 0.2) is 5.96 Å². The standard InChI is InChI=1S/C20H24BrN5O.HI/c1-3-22-20(23-11-10-15-6-4-5-7-18(15)27-2)24-12-17-14-26-13-16(21)8-9-19(26)25-17;/h4-9,13-14H,3,10-12H2,1-2H3,(H2,22,23,24);1H. The van der Waals surface area contributed by atoms with Gasteiger partial charge in [0.1, 0.15) is 11.4 Å². The van der Waals surface area contributed by atoms with Gasteiger partial charge in [0.25, 0.3) is 0 Å². The molecule has 2 aromatic heterocycles. The van der Waals surface area contributed by atoms with Crippen molar-refractivity contribution in [1.82, 2.24) is 20.0 Å². The molecule has 0 atom stereocenters. The second-order valence-electron chi connectivity index (χ2n) is 6.03. The van der Waals surface area contributed by atoms with Gasteiger partial charge in [0, 0.05) is 30.0 Å². The van der Waals surface area contributed by atoms with Crippen LogP contribution >= 0.6 is 39.9 Å². The summed E-state index contributed by atoms with van der Waals surface area (Å²) < 4.78 is 8.42. The van der Waals surface area contributed by atoms with Gasteiger partial charge in [-0.25, -0.2) is 9.98 Å². The number of aliphatic imine (C=N–C) groups is 1. The Morgan fingerprint density at radius 2 is 2.00 bits per heavy atom. The molecular formula is C20H25BrIN5O. The Hall–Kier alpha value is -1.81. The third-order valence-corrected chi connectivity index (χ3v) is 4.56. The Balaban J connectivity index is 0.00000280. The Morgan fingerprint density at radius 1 is 1.18 bits per heavy atom. The van der Waals surface area contributed by atoms with E-state index in [4.69, 9.17) is 4.74 Å². The number of para-hydroxylation sites is 1. The number of methoxy groups -OCH3 is 1. The highest BCUT2D eigenvalue weighted by molar-refractivity contribution is 14.0. The molecule has 2 N–H and O–H groups in total. The highest BCUT2D eigenvalue weighted by atomic mass is 127. The lowest BCUT2D eigenvalue weighted by molar-refractivity contribution is 0.409.